The number of fused-ring (bicyclic) bond motifs is 1. The van der Waals surface area contributed by atoms with E-state index in [0.29, 0.717) is 5.56 Å². The third-order valence-corrected chi connectivity index (χ3v) is 5.81. The summed E-state index contributed by atoms with van der Waals surface area (Å²) in [5, 5.41) is 0. The summed E-state index contributed by atoms with van der Waals surface area (Å²) in [6.45, 7) is 1.55. The van der Waals surface area contributed by atoms with Gasteiger partial charge in [0.2, 0.25) is 5.91 Å². The molecule has 3 aromatic rings. The molecule has 1 atom stereocenters. The SMILES string of the molecule is NC(=O)c1cccc(CN(Cc2cncs2)C2CCCc3cccnc32)c1. The van der Waals surface area contributed by atoms with E-state index in [2.05, 4.69) is 16.0 Å². The Kier molecular flexibility index (Phi) is 5.27. The van der Waals surface area contributed by atoms with Crippen molar-refractivity contribution in [2.45, 2.75) is 38.4 Å². The predicted molar refractivity (Wildman–Crippen MR) is 106 cm³/mol. The van der Waals surface area contributed by atoms with Crippen molar-refractivity contribution in [3.05, 3.63) is 81.6 Å². The van der Waals surface area contributed by atoms with Crippen LogP contribution in [-0.2, 0) is 19.5 Å². The van der Waals surface area contributed by atoms with Gasteiger partial charge in [-0.05, 0) is 48.6 Å². The van der Waals surface area contributed by atoms with E-state index in [0.717, 1.165) is 37.9 Å². The monoisotopic (exact) mass is 378 g/mol. The lowest BCUT2D eigenvalue weighted by Gasteiger charge is -2.35. The summed E-state index contributed by atoms with van der Waals surface area (Å²) in [6, 6.07) is 12.1. The number of thiazole rings is 1. The minimum absolute atomic E-state index is 0.259. The van der Waals surface area contributed by atoms with Crippen molar-refractivity contribution in [3.8, 4) is 0 Å². The summed E-state index contributed by atoms with van der Waals surface area (Å²) in [7, 11) is 0. The number of aryl methyl sites for hydroxylation is 1. The van der Waals surface area contributed by atoms with Gasteiger partial charge in [-0.15, -0.1) is 11.3 Å². The molecule has 138 valence electrons. The van der Waals surface area contributed by atoms with Crippen LogP contribution in [0.25, 0.3) is 0 Å². The summed E-state index contributed by atoms with van der Waals surface area (Å²) >= 11 is 1.67. The number of nitrogens with two attached hydrogens (primary N) is 1. The lowest BCUT2D eigenvalue weighted by molar-refractivity contribution is 0.1000. The minimum atomic E-state index is -0.393. The van der Waals surface area contributed by atoms with Crippen LogP contribution < -0.4 is 5.73 Å². The number of primary amides is 1. The number of aromatic nitrogens is 2. The molecule has 1 aromatic carbocycles. The molecule has 4 rings (SSSR count). The highest BCUT2D eigenvalue weighted by molar-refractivity contribution is 7.09. The van der Waals surface area contributed by atoms with Gasteiger partial charge in [0.25, 0.3) is 0 Å². The Labute approximate surface area is 162 Å². The largest absolute Gasteiger partial charge is 0.366 e. The van der Waals surface area contributed by atoms with Crippen LogP contribution in [0.5, 0.6) is 0 Å². The van der Waals surface area contributed by atoms with Crippen LogP contribution in [0.1, 0.15) is 50.9 Å². The number of nitrogens with zero attached hydrogens (tertiary/aromatic N) is 3. The van der Waals surface area contributed by atoms with E-state index < -0.39 is 5.91 Å². The van der Waals surface area contributed by atoms with Crippen LogP contribution >= 0.6 is 11.3 Å². The molecule has 27 heavy (non-hydrogen) atoms. The number of benzene rings is 1. The Morgan fingerprint density at radius 2 is 2.19 bits per heavy atom. The Hall–Kier alpha value is -2.57. The van der Waals surface area contributed by atoms with Gasteiger partial charge in [0.1, 0.15) is 0 Å². The summed E-state index contributed by atoms with van der Waals surface area (Å²) in [6.07, 6.45) is 7.14. The average molecular weight is 379 g/mol. The van der Waals surface area contributed by atoms with Crippen LogP contribution in [0, 0.1) is 0 Å². The van der Waals surface area contributed by atoms with Gasteiger partial charge in [-0.25, -0.2) is 0 Å². The standard InChI is InChI=1S/C21H22N4OS/c22-21(26)17-6-1-4-15(10-17)12-25(13-18-11-23-14-27-18)19-8-2-5-16-7-3-9-24-20(16)19/h1,3-4,6-7,9-11,14,19H,2,5,8,12-13H2,(H2,22,26). The molecule has 5 nitrogen and oxygen atoms in total. The van der Waals surface area contributed by atoms with Crippen molar-refractivity contribution in [3.63, 3.8) is 0 Å². The van der Waals surface area contributed by atoms with Crippen LogP contribution in [0.2, 0.25) is 0 Å². The van der Waals surface area contributed by atoms with Crippen LogP contribution in [0.3, 0.4) is 0 Å². The van der Waals surface area contributed by atoms with E-state index in [4.69, 9.17) is 10.7 Å². The number of hydrogen-bond donors (Lipinski definition) is 1. The fourth-order valence-corrected chi connectivity index (χ4v) is 4.41. The lowest BCUT2D eigenvalue weighted by atomic mass is 9.90. The fourth-order valence-electron chi connectivity index (χ4n) is 3.79. The Morgan fingerprint density at radius 1 is 1.26 bits per heavy atom. The summed E-state index contributed by atoms with van der Waals surface area (Å²) in [4.78, 5) is 24.2. The molecule has 0 fully saturated rings. The molecule has 0 radical (unpaired) electrons. The van der Waals surface area contributed by atoms with Crippen LogP contribution in [0.15, 0.2) is 54.3 Å². The summed E-state index contributed by atoms with van der Waals surface area (Å²) in [5.74, 6) is -0.393. The third kappa shape index (κ3) is 4.07. The maximum atomic E-state index is 11.6. The summed E-state index contributed by atoms with van der Waals surface area (Å²) in [5.41, 5.74) is 11.5. The smallest absolute Gasteiger partial charge is 0.248 e. The molecular formula is C21H22N4OS. The van der Waals surface area contributed by atoms with E-state index in [1.165, 1.54) is 16.1 Å². The normalized spacial score (nSPS) is 16.3. The maximum absolute atomic E-state index is 11.6. The first-order valence-corrected chi connectivity index (χ1v) is 10.0. The first-order valence-electron chi connectivity index (χ1n) is 9.14. The van der Waals surface area contributed by atoms with E-state index in [-0.39, 0.29) is 6.04 Å². The number of carbonyl (C=O) groups is 1. The first kappa shape index (κ1) is 17.8. The summed E-state index contributed by atoms with van der Waals surface area (Å²) < 4.78 is 0. The van der Waals surface area contributed by atoms with Crippen molar-refractivity contribution in [1.82, 2.24) is 14.9 Å². The highest BCUT2D eigenvalue weighted by atomic mass is 32.1. The molecule has 0 spiro atoms. The quantitative estimate of drug-likeness (QED) is 0.710. The number of rotatable bonds is 6. The van der Waals surface area contributed by atoms with Gasteiger partial charge in [-0.1, -0.05) is 18.2 Å². The van der Waals surface area contributed by atoms with Crippen molar-refractivity contribution >= 4 is 17.2 Å². The number of amides is 1. The second-order valence-electron chi connectivity index (χ2n) is 6.89. The van der Waals surface area contributed by atoms with Crippen molar-refractivity contribution in [1.29, 1.82) is 0 Å². The van der Waals surface area contributed by atoms with Crippen LogP contribution in [-0.4, -0.2) is 20.8 Å². The first-order chi connectivity index (χ1) is 13.2. The zero-order valence-electron chi connectivity index (χ0n) is 15.0. The van der Waals surface area contributed by atoms with E-state index in [1.54, 1.807) is 17.4 Å². The highest BCUT2D eigenvalue weighted by Gasteiger charge is 2.27. The molecule has 0 saturated heterocycles. The van der Waals surface area contributed by atoms with Gasteiger partial charge >= 0.3 is 0 Å². The second-order valence-corrected chi connectivity index (χ2v) is 7.86. The zero-order chi connectivity index (χ0) is 18.6. The zero-order valence-corrected chi connectivity index (χ0v) is 15.9. The number of carbonyl (C=O) groups excluding carboxylic acids is 1. The molecule has 2 N–H and O–H groups in total. The van der Waals surface area contributed by atoms with Gasteiger partial charge in [0, 0.05) is 35.9 Å². The molecule has 1 aliphatic rings. The average Bonchev–Trinajstić information content (AvgIpc) is 3.20. The topological polar surface area (TPSA) is 72.1 Å². The highest BCUT2D eigenvalue weighted by Crippen LogP contribution is 2.35. The Balaban J connectivity index is 1.66. The van der Waals surface area contributed by atoms with Gasteiger partial charge in [-0.2, -0.15) is 0 Å². The van der Waals surface area contributed by atoms with Gasteiger partial charge in [0.15, 0.2) is 0 Å². The molecule has 1 unspecified atom stereocenters. The molecule has 1 aliphatic carbocycles. The Morgan fingerprint density at radius 3 is 3.00 bits per heavy atom. The van der Waals surface area contributed by atoms with Crippen molar-refractivity contribution < 1.29 is 4.79 Å². The maximum Gasteiger partial charge on any atom is 0.248 e. The van der Waals surface area contributed by atoms with E-state index >= 15 is 0 Å². The molecule has 0 saturated carbocycles. The molecule has 0 aliphatic heterocycles. The van der Waals surface area contributed by atoms with Crippen molar-refractivity contribution in [2.75, 3.05) is 0 Å². The van der Waals surface area contributed by atoms with Crippen molar-refractivity contribution in [2.24, 2.45) is 5.73 Å². The predicted octanol–water partition coefficient (Wildman–Crippen LogP) is 3.72. The number of pyridine rings is 1. The lowest BCUT2D eigenvalue weighted by Crippen LogP contribution is -2.31. The molecule has 6 heteroatoms. The Bertz CT molecular complexity index is 925. The third-order valence-electron chi connectivity index (χ3n) is 5.05. The van der Waals surface area contributed by atoms with Gasteiger partial charge in [-0.3, -0.25) is 19.7 Å². The van der Waals surface area contributed by atoms with E-state index in [9.17, 15) is 4.79 Å². The molecule has 0 bridgehead atoms. The van der Waals surface area contributed by atoms with Crippen LogP contribution in [0.4, 0.5) is 0 Å². The fraction of sp³-hybridized carbons (Fsp3) is 0.286. The van der Waals surface area contributed by atoms with Gasteiger partial charge in [0.05, 0.1) is 17.2 Å². The second kappa shape index (κ2) is 7.98. The molecule has 2 heterocycles. The minimum Gasteiger partial charge on any atom is -0.366 e. The van der Waals surface area contributed by atoms with Gasteiger partial charge < -0.3 is 5.73 Å². The molecule has 2 aromatic heterocycles. The number of hydrogen-bond acceptors (Lipinski definition) is 5. The van der Waals surface area contributed by atoms with E-state index in [1.807, 2.05) is 42.2 Å². The molecular weight excluding hydrogens is 356 g/mol. The molecule has 1 amide bonds.